The van der Waals surface area contributed by atoms with Gasteiger partial charge in [-0.15, -0.1) is 0 Å². The van der Waals surface area contributed by atoms with Crippen LogP contribution in [-0.2, 0) is 0 Å². The first kappa shape index (κ1) is 23.1. The van der Waals surface area contributed by atoms with Crippen LogP contribution in [0.5, 0.6) is 0 Å². The maximum absolute atomic E-state index is 6.03. The molecule has 152 valence electrons. The van der Waals surface area contributed by atoms with Crippen molar-refractivity contribution < 1.29 is 0 Å². The zero-order chi connectivity index (χ0) is 21.6. The van der Waals surface area contributed by atoms with Gasteiger partial charge in [0.25, 0.3) is 0 Å². The summed E-state index contributed by atoms with van der Waals surface area (Å²) in [6, 6.07) is 10.8. The summed E-state index contributed by atoms with van der Waals surface area (Å²) < 4.78 is 0. The van der Waals surface area contributed by atoms with E-state index in [0.29, 0.717) is 20.8 Å². The minimum absolute atomic E-state index is 0.392. The predicted molar refractivity (Wildman–Crippen MR) is 136 cm³/mol. The molecule has 0 aromatic heterocycles. The van der Waals surface area contributed by atoms with Crippen LogP contribution in [0.25, 0.3) is 0 Å². The zero-order valence-electron chi connectivity index (χ0n) is 16.2. The number of hydrazone groups is 1. The Morgan fingerprint density at radius 1 is 1.03 bits per heavy atom. The fourth-order valence-electron chi connectivity index (χ4n) is 2.44. The van der Waals surface area contributed by atoms with Gasteiger partial charge in [0, 0.05) is 32.8 Å². The van der Waals surface area contributed by atoms with Crippen LogP contribution in [0.4, 0.5) is 22.7 Å². The molecule has 0 atom stereocenters. The monoisotopic (exact) mass is 465 g/mol. The molecule has 0 saturated carbocycles. The number of anilines is 4. The van der Waals surface area contributed by atoms with Crippen LogP contribution in [0.15, 0.2) is 53.8 Å². The Labute approximate surface area is 191 Å². The molecule has 0 radical (unpaired) electrons. The van der Waals surface area contributed by atoms with E-state index < -0.39 is 0 Å². The lowest BCUT2D eigenvalue weighted by Crippen LogP contribution is -2.20. The van der Waals surface area contributed by atoms with Gasteiger partial charge < -0.3 is 16.0 Å². The molecule has 0 aliphatic heterocycles. The average molecular weight is 466 g/mol. The molecule has 0 fully saturated rings. The van der Waals surface area contributed by atoms with Gasteiger partial charge in [0.05, 0.1) is 16.9 Å². The van der Waals surface area contributed by atoms with Gasteiger partial charge in [-0.1, -0.05) is 42.0 Å². The van der Waals surface area contributed by atoms with E-state index >= 15 is 0 Å². The van der Waals surface area contributed by atoms with Gasteiger partial charge in [-0.25, -0.2) is 5.01 Å². The summed E-state index contributed by atoms with van der Waals surface area (Å²) in [5, 5.41) is 17.0. The van der Waals surface area contributed by atoms with Gasteiger partial charge in [0.1, 0.15) is 0 Å². The van der Waals surface area contributed by atoms with Crippen molar-refractivity contribution in [2.45, 2.75) is 20.8 Å². The van der Waals surface area contributed by atoms with Gasteiger partial charge in [0.2, 0.25) is 0 Å². The molecule has 0 aliphatic rings. The van der Waals surface area contributed by atoms with E-state index in [-0.39, 0.29) is 0 Å². The standard InChI is InChI=1S/C20H21Cl2N5S2/c1-12(2)26-27(13(3)4)19-6-5-16(10-18(19)23-11-28)24-20(29)25-17-8-14(21)7-15(22)9-17/h5-11H,3H2,1-2,4H3,(H,23,28)(H2,24,25,29). The minimum Gasteiger partial charge on any atom is -0.351 e. The summed E-state index contributed by atoms with van der Waals surface area (Å²) in [6.45, 7) is 9.73. The summed E-state index contributed by atoms with van der Waals surface area (Å²) in [5.74, 6) is 0. The third-order valence-electron chi connectivity index (χ3n) is 3.48. The van der Waals surface area contributed by atoms with Gasteiger partial charge in [-0.2, -0.15) is 5.10 Å². The molecule has 2 aromatic rings. The number of rotatable bonds is 7. The smallest absolute Gasteiger partial charge is 0.175 e. The lowest BCUT2D eigenvalue weighted by Gasteiger charge is -2.23. The van der Waals surface area contributed by atoms with Crippen LogP contribution in [0.3, 0.4) is 0 Å². The van der Waals surface area contributed by atoms with Crippen molar-refractivity contribution >= 4 is 86.7 Å². The Bertz CT molecular complexity index is 951. The molecule has 29 heavy (non-hydrogen) atoms. The van der Waals surface area contributed by atoms with Crippen molar-refractivity contribution in [3.63, 3.8) is 0 Å². The highest BCUT2D eigenvalue weighted by Crippen LogP contribution is 2.32. The van der Waals surface area contributed by atoms with E-state index in [2.05, 4.69) is 27.6 Å². The van der Waals surface area contributed by atoms with Gasteiger partial charge in [-0.3, -0.25) is 0 Å². The second-order valence-electron chi connectivity index (χ2n) is 6.33. The van der Waals surface area contributed by atoms with Crippen molar-refractivity contribution in [3.8, 4) is 0 Å². The normalized spacial score (nSPS) is 9.97. The fraction of sp³-hybridized carbons (Fsp3) is 0.150. The molecule has 0 aliphatic carbocycles. The maximum atomic E-state index is 6.03. The van der Waals surface area contributed by atoms with Crippen LogP contribution in [0, 0.1) is 0 Å². The SMILES string of the molecule is C=C(C)N(N=C(C)C)c1ccc(NC(=S)Nc2cc(Cl)cc(Cl)c2)cc1NC=S. The number of benzene rings is 2. The van der Waals surface area contributed by atoms with E-state index in [9.17, 15) is 0 Å². The minimum atomic E-state index is 0.392. The lowest BCUT2D eigenvalue weighted by molar-refractivity contribution is 0.998. The van der Waals surface area contributed by atoms with Crippen molar-refractivity contribution in [1.29, 1.82) is 0 Å². The summed E-state index contributed by atoms with van der Waals surface area (Å²) in [4.78, 5) is 0. The van der Waals surface area contributed by atoms with E-state index in [0.717, 1.165) is 28.5 Å². The summed E-state index contributed by atoms with van der Waals surface area (Å²) in [6.07, 6.45) is 0. The molecule has 9 heteroatoms. The van der Waals surface area contributed by atoms with Gasteiger partial charge in [0.15, 0.2) is 5.11 Å². The van der Waals surface area contributed by atoms with Crippen molar-refractivity contribution in [2.24, 2.45) is 5.10 Å². The first-order valence-electron chi connectivity index (χ1n) is 8.55. The van der Waals surface area contributed by atoms with Crippen molar-refractivity contribution in [2.75, 3.05) is 21.0 Å². The van der Waals surface area contributed by atoms with Crippen LogP contribution in [0.2, 0.25) is 10.0 Å². The number of hydrogen-bond donors (Lipinski definition) is 3. The van der Waals surface area contributed by atoms with E-state index in [1.807, 2.05) is 39.0 Å². The van der Waals surface area contributed by atoms with E-state index in [1.165, 1.54) is 5.49 Å². The molecular formula is C20H21Cl2N5S2. The Kier molecular flexibility index (Phi) is 8.40. The van der Waals surface area contributed by atoms with Gasteiger partial charge >= 0.3 is 0 Å². The summed E-state index contributed by atoms with van der Waals surface area (Å²) in [7, 11) is 0. The molecule has 0 bridgehead atoms. The average Bonchev–Trinajstić information content (AvgIpc) is 2.59. The lowest BCUT2D eigenvalue weighted by atomic mass is 10.2. The largest absolute Gasteiger partial charge is 0.351 e. The number of allylic oxidation sites excluding steroid dienone is 1. The predicted octanol–water partition coefficient (Wildman–Crippen LogP) is 6.91. The molecule has 0 unspecified atom stereocenters. The van der Waals surface area contributed by atoms with Crippen LogP contribution in [0.1, 0.15) is 20.8 Å². The molecule has 0 heterocycles. The van der Waals surface area contributed by atoms with E-state index in [1.54, 1.807) is 23.2 Å². The van der Waals surface area contributed by atoms with Crippen LogP contribution >= 0.6 is 47.6 Å². The quantitative estimate of drug-likeness (QED) is 0.234. The molecule has 0 saturated heterocycles. The molecule has 0 spiro atoms. The number of thiocarbonyl (C=S) groups is 2. The number of nitrogens with zero attached hydrogens (tertiary/aromatic N) is 2. The Balaban J connectivity index is 2.26. The van der Waals surface area contributed by atoms with Gasteiger partial charge in [-0.05, 0) is 69.4 Å². The molecule has 0 amide bonds. The fourth-order valence-corrected chi connectivity index (χ4v) is 3.33. The first-order valence-corrected chi connectivity index (χ1v) is 10.2. The Morgan fingerprint density at radius 3 is 2.21 bits per heavy atom. The van der Waals surface area contributed by atoms with Crippen LogP contribution in [-0.4, -0.2) is 16.3 Å². The second-order valence-corrected chi connectivity index (χ2v) is 7.84. The second kappa shape index (κ2) is 10.5. The zero-order valence-corrected chi connectivity index (χ0v) is 19.4. The highest BCUT2D eigenvalue weighted by Gasteiger charge is 2.13. The van der Waals surface area contributed by atoms with Crippen molar-refractivity contribution in [3.05, 3.63) is 58.7 Å². The molecule has 5 nitrogen and oxygen atoms in total. The first-order chi connectivity index (χ1) is 13.7. The maximum Gasteiger partial charge on any atom is 0.175 e. The molecule has 2 rings (SSSR count). The van der Waals surface area contributed by atoms with Crippen LogP contribution < -0.4 is 21.0 Å². The molecule has 2 aromatic carbocycles. The third-order valence-corrected chi connectivity index (χ3v) is 4.24. The Morgan fingerprint density at radius 2 is 1.66 bits per heavy atom. The van der Waals surface area contributed by atoms with Crippen molar-refractivity contribution in [1.82, 2.24) is 0 Å². The topological polar surface area (TPSA) is 51.7 Å². The highest BCUT2D eigenvalue weighted by atomic mass is 35.5. The molecule has 3 N–H and O–H groups in total. The van der Waals surface area contributed by atoms with E-state index in [4.69, 9.17) is 47.6 Å². The number of halogens is 2. The number of nitrogens with one attached hydrogen (secondary N) is 3. The summed E-state index contributed by atoms with van der Waals surface area (Å²) in [5.41, 5.74) is 6.13. The third kappa shape index (κ3) is 6.97. The Hall–Kier alpha value is -2.19. The summed E-state index contributed by atoms with van der Waals surface area (Å²) >= 11 is 22.4. The highest BCUT2D eigenvalue weighted by molar-refractivity contribution is 7.80. The molecular weight excluding hydrogens is 445 g/mol. The number of hydrogen-bond acceptors (Lipinski definition) is 4.